The fraction of sp³-hybridized carbons (Fsp3) is 0.269. The lowest BCUT2D eigenvalue weighted by Crippen LogP contribution is -2.30. The number of aromatic nitrogens is 3. The number of fused-ring (bicyclic) bond motifs is 1. The second-order valence-electron chi connectivity index (χ2n) is 7.96. The average molecular weight is 428 g/mol. The van der Waals surface area contributed by atoms with Crippen LogP contribution in [-0.4, -0.2) is 44.8 Å². The summed E-state index contributed by atoms with van der Waals surface area (Å²) in [6.45, 7) is 7.66. The molecule has 0 aliphatic heterocycles. The van der Waals surface area contributed by atoms with Crippen molar-refractivity contribution in [2.24, 2.45) is 0 Å². The van der Waals surface area contributed by atoms with Crippen molar-refractivity contribution >= 4 is 11.6 Å². The molecule has 0 aliphatic rings. The molecule has 164 valence electrons. The zero-order valence-corrected chi connectivity index (χ0v) is 18.7. The Kier molecular flexibility index (Phi) is 6.92. The molecule has 6 heteroatoms. The van der Waals surface area contributed by atoms with E-state index in [1.165, 1.54) is 11.1 Å². The zero-order chi connectivity index (χ0) is 22.3. The smallest absolute Gasteiger partial charge is 0.271 e. The molecule has 0 bridgehead atoms. The highest BCUT2D eigenvalue weighted by Gasteiger charge is 2.14. The van der Waals surface area contributed by atoms with Crippen LogP contribution in [0.1, 0.15) is 35.0 Å². The first-order valence-electron chi connectivity index (χ1n) is 11.1. The molecule has 0 atom stereocenters. The molecule has 0 fully saturated rings. The van der Waals surface area contributed by atoms with Gasteiger partial charge in [0.05, 0.1) is 0 Å². The highest BCUT2D eigenvalue weighted by atomic mass is 16.1. The second-order valence-corrected chi connectivity index (χ2v) is 7.96. The second kappa shape index (κ2) is 10.2. The Bertz CT molecular complexity index is 1170. The largest absolute Gasteiger partial charge is 0.351 e. The number of aryl methyl sites for hydroxylation is 1. The van der Waals surface area contributed by atoms with E-state index in [4.69, 9.17) is 0 Å². The molecule has 2 aromatic carbocycles. The molecular weight excluding hydrogens is 398 g/mol. The van der Waals surface area contributed by atoms with Crippen LogP contribution < -0.4 is 5.32 Å². The molecule has 4 aromatic rings. The van der Waals surface area contributed by atoms with Gasteiger partial charge in [-0.15, -0.1) is 0 Å². The maximum atomic E-state index is 12.7. The summed E-state index contributed by atoms with van der Waals surface area (Å²) < 4.78 is 1.86. The number of carbonyl (C=O) groups excluding carboxylic acids is 1. The molecule has 4 rings (SSSR count). The van der Waals surface area contributed by atoms with Gasteiger partial charge in [0.1, 0.15) is 11.4 Å². The van der Waals surface area contributed by atoms with Crippen LogP contribution >= 0.6 is 0 Å². The summed E-state index contributed by atoms with van der Waals surface area (Å²) >= 11 is 0. The van der Waals surface area contributed by atoms with E-state index in [1.807, 2.05) is 28.8 Å². The van der Waals surface area contributed by atoms with Gasteiger partial charge in [0.15, 0.2) is 5.65 Å². The topological polar surface area (TPSA) is 62.5 Å². The lowest BCUT2D eigenvalue weighted by molar-refractivity contribution is 0.0947. The van der Waals surface area contributed by atoms with Crippen LogP contribution in [0.15, 0.2) is 73.2 Å². The van der Waals surface area contributed by atoms with Crippen LogP contribution in [0.25, 0.3) is 16.9 Å². The van der Waals surface area contributed by atoms with E-state index in [0.29, 0.717) is 17.9 Å². The summed E-state index contributed by atoms with van der Waals surface area (Å²) in [5, 5.41) is 3.01. The van der Waals surface area contributed by atoms with Crippen LogP contribution in [0.5, 0.6) is 0 Å². The van der Waals surface area contributed by atoms with Gasteiger partial charge in [-0.3, -0.25) is 14.7 Å². The third kappa shape index (κ3) is 5.21. The number of nitrogens with one attached hydrogen (secondary N) is 1. The van der Waals surface area contributed by atoms with E-state index in [-0.39, 0.29) is 5.91 Å². The van der Waals surface area contributed by atoms with E-state index >= 15 is 0 Å². The first-order valence-corrected chi connectivity index (χ1v) is 11.1. The third-order valence-electron chi connectivity index (χ3n) is 5.57. The predicted molar refractivity (Wildman–Crippen MR) is 128 cm³/mol. The Hall–Kier alpha value is -3.51. The number of rotatable bonds is 9. The van der Waals surface area contributed by atoms with Gasteiger partial charge in [0, 0.05) is 43.8 Å². The molecule has 0 aliphatic carbocycles. The normalized spacial score (nSPS) is 11.2. The van der Waals surface area contributed by atoms with Gasteiger partial charge < -0.3 is 9.72 Å². The minimum Gasteiger partial charge on any atom is -0.351 e. The monoisotopic (exact) mass is 427 g/mol. The van der Waals surface area contributed by atoms with Crippen molar-refractivity contribution in [1.82, 2.24) is 24.6 Å². The molecule has 32 heavy (non-hydrogen) atoms. The van der Waals surface area contributed by atoms with Crippen molar-refractivity contribution < 1.29 is 4.79 Å². The quantitative estimate of drug-likeness (QED) is 0.404. The molecule has 6 nitrogen and oxygen atoms in total. The van der Waals surface area contributed by atoms with Gasteiger partial charge >= 0.3 is 0 Å². The van der Waals surface area contributed by atoms with Gasteiger partial charge in [-0.25, -0.2) is 4.98 Å². The highest BCUT2D eigenvalue weighted by molar-refractivity contribution is 5.93. The van der Waals surface area contributed by atoms with Gasteiger partial charge in [0.2, 0.25) is 0 Å². The molecule has 1 amide bonds. The molecule has 1 N–H and O–H groups in total. The number of hydrogen-bond acceptors (Lipinski definition) is 4. The standard InChI is InChI=1S/C26H29N5O/c1-3-30(18-21-8-5-4-6-9-21)16-7-14-28-26(32)23-19-31-17-15-27-24(25(31)29-23)22-12-10-20(2)11-13-22/h4-6,8-13,15,17,19H,3,7,14,16,18H2,1-2H3,(H,28,32). The molecule has 0 saturated carbocycles. The van der Waals surface area contributed by atoms with Crippen LogP contribution in [0, 0.1) is 6.92 Å². The van der Waals surface area contributed by atoms with Crippen LogP contribution in [0.2, 0.25) is 0 Å². The van der Waals surface area contributed by atoms with Gasteiger partial charge in [-0.2, -0.15) is 0 Å². The Morgan fingerprint density at radius 3 is 2.62 bits per heavy atom. The van der Waals surface area contributed by atoms with Gasteiger partial charge in [-0.1, -0.05) is 67.1 Å². The summed E-state index contributed by atoms with van der Waals surface area (Å²) in [6.07, 6.45) is 6.20. The van der Waals surface area contributed by atoms with Gasteiger partial charge in [-0.05, 0) is 25.5 Å². The van der Waals surface area contributed by atoms with E-state index < -0.39 is 0 Å². The van der Waals surface area contributed by atoms with E-state index in [2.05, 4.69) is 70.4 Å². The minimum absolute atomic E-state index is 0.158. The summed E-state index contributed by atoms with van der Waals surface area (Å²) in [4.78, 5) is 24.1. The molecular formula is C26H29N5O. The highest BCUT2D eigenvalue weighted by Crippen LogP contribution is 2.22. The molecule has 0 radical (unpaired) electrons. The number of hydrogen-bond donors (Lipinski definition) is 1. The maximum absolute atomic E-state index is 12.7. The minimum atomic E-state index is -0.158. The molecule has 2 aromatic heterocycles. The SMILES string of the molecule is CCN(CCCNC(=O)c1cn2ccnc(-c3ccc(C)cc3)c2n1)Cc1ccccc1. The number of imidazole rings is 1. The number of benzene rings is 2. The van der Waals surface area contributed by atoms with Crippen molar-refractivity contribution in [3.8, 4) is 11.3 Å². The molecule has 0 saturated heterocycles. The summed E-state index contributed by atoms with van der Waals surface area (Å²) in [6, 6.07) is 18.6. The van der Waals surface area contributed by atoms with Crippen molar-refractivity contribution in [2.45, 2.75) is 26.8 Å². The average Bonchev–Trinajstić information content (AvgIpc) is 3.27. The lowest BCUT2D eigenvalue weighted by Gasteiger charge is -2.20. The predicted octanol–water partition coefficient (Wildman–Crippen LogP) is 4.35. The number of carbonyl (C=O) groups is 1. The van der Waals surface area contributed by atoms with Crippen molar-refractivity contribution in [3.63, 3.8) is 0 Å². The van der Waals surface area contributed by atoms with E-state index in [9.17, 15) is 4.79 Å². The van der Waals surface area contributed by atoms with E-state index in [1.54, 1.807) is 12.4 Å². The number of nitrogens with zero attached hydrogens (tertiary/aromatic N) is 4. The fourth-order valence-corrected chi connectivity index (χ4v) is 3.73. The van der Waals surface area contributed by atoms with Crippen LogP contribution in [0.3, 0.4) is 0 Å². The van der Waals surface area contributed by atoms with Crippen LogP contribution in [-0.2, 0) is 6.54 Å². The van der Waals surface area contributed by atoms with E-state index in [0.717, 1.165) is 37.3 Å². The maximum Gasteiger partial charge on any atom is 0.271 e. The zero-order valence-electron chi connectivity index (χ0n) is 18.7. The Labute approximate surface area is 188 Å². The first-order chi connectivity index (χ1) is 15.6. The number of amides is 1. The Morgan fingerprint density at radius 2 is 1.88 bits per heavy atom. The fourth-order valence-electron chi connectivity index (χ4n) is 3.73. The molecule has 2 heterocycles. The Morgan fingerprint density at radius 1 is 1.09 bits per heavy atom. The summed E-state index contributed by atoms with van der Waals surface area (Å²) in [5.74, 6) is -0.158. The molecule has 0 spiro atoms. The van der Waals surface area contributed by atoms with Gasteiger partial charge in [0.25, 0.3) is 5.91 Å². The molecule has 0 unspecified atom stereocenters. The van der Waals surface area contributed by atoms with Crippen molar-refractivity contribution in [2.75, 3.05) is 19.6 Å². The van der Waals surface area contributed by atoms with Crippen molar-refractivity contribution in [1.29, 1.82) is 0 Å². The Balaban J connectivity index is 1.36. The first kappa shape index (κ1) is 21.7. The lowest BCUT2D eigenvalue weighted by atomic mass is 10.1. The van der Waals surface area contributed by atoms with Crippen LogP contribution in [0.4, 0.5) is 0 Å². The third-order valence-corrected chi connectivity index (χ3v) is 5.57. The van der Waals surface area contributed by atoms with Crippen molar-refractivity contribution in [3.05, 3.63) is 90.0 Å². The summed E-state index contributed by atoms with van der Waals surface area (Å²) in [7, 11) is 0. The summed E-state index contributed by atoms with van der Waals surface area (Å²) in [5.41, 5.74) is 5.34.